The zero-order valence-electron chi connectivity index (χ0n) is 13.5. The Morgan fingerprint density at radius 3 is 2.35 bits per heavy atom. The fraction of sp³-hybridized carbons (Fsp3) is 0.889. The smallest absolute Gasteiger partial charge is 0.0711 e. The molecule has 1 heterocycles. The minimum absolute atomic E-state index is 0.495. The van der Waals surface area contributed by atoms with Gasteiger partial charge in [0.1, 0.15) is 0 Å². The summed E-state index contributed by atoms with van der Waals surface area (Å²) in [5.41, 5.74) is 0. The Morgan fingerprint density at radius 2 is 1.65 bits per heavy atom. The summed E-state index contributed by atoms with van der Waals surface area (Å²) in [7, 11) is 0. The van der Waals surface area contributed by atoms with Crippen LogP contribution in [0.5, 0.6) is 0 Å². The SMILES string of the molecule is CCCC/C=C\CCCCCCCCO[C@H]1CCNC1. The van der Waals surface area contributed by atoms with Crippen LogP contribution in [0.15, 0.2) is 12.2 Å². The minimum Gasteiger partial charge on any atom is -0.377 e. The van der Waals surface area contributed by atoms with E-state index < -0.39 is 0 Å². The van der Waals surface area contributed by atoms with Gasteiger partial charge >= 0.3 is 0 Å². The van der Waals surface area contributed by atoms with Crippen LogP contribution in [0.3, 0.4) is 0 Å². The molecule has 20 heavy (non-hydrogen) atoms. The average Bonchev–Trinajstić information content (AvgIpc) is 2.97. The number of unbranched alkanes of at least 4 members (excludes halogenated alkanes) is 8. The molecule has 0 aromatic rings. The lowest BCUT2D eigenvalue weighted by Crippen LogP contribution is -2.17. The van der Waals surface area contributed by atoms with Crippen molar-refractivity contribution >= 4 is 0 Å². The summed E-state index contributed by atoms with van der Waals surface area (Å²) < 4.78 is 5.82. The lowest BCUT2D eigenvalue weighted by atomic mass is 10.1. The maximum Gasteiger partial charge on any atom is 0.0711 e. The van der Waals surface area contributed by atoms with Crippen molar-refractivity contribution in [3.63, 3.8) is 0 Å². The van der Waals surface area contributed by atoms with E-state index in [4.69, 9.17) is 4.74 Å². The van der Waals surface area contributed by atoms with E-state index in [2.05, 4.69) is 24.4 Å². The largest absolute Gasteiger partial charge is 0.377 e. The molecule has 0 bridgehead atoms. The van der Waals surface area contributed by atoms with Crippen LogP contribution in [0, 0.1) is 0 Å². The van der Waals surface area contributed by atoms with Crippen molar-refractivity contribution in [2.45, 2.75) is 83.7 Å². The molecule has 1 fully saturated rings. The molecule has 0 radical (unpaired) electrons. The molecule has 2 heteroatoms. The number of allylic oxidation sites excluding steroid dienone is 2. The molecule has 1 aliphatic rings. The normalized spacial score (nSPS) is 19.1. The number of rotatable bonds is 13. The van der Waals surface area contributed by atoms with Gasteiger partial charge in [0.15, 0.2) is 0 Å². The van der Waals surface area contributed by atoms with Crippen LogP contribution in [0.25, 0.3) is 0 Å². The Morgan fingerprint density at radius 1 is 0.950 bits per heavy atom. The van der Waals surface area contributed by atoms with Gasteiger partial charge in [0.25, 0.3) is 0 Å². The molecule has 118 valence electrons. The van der Waals surface area contributed by atoms with Gasteiger partial charge in [-0.25, -0.2) is 0 Å². The van der Waals surface area contributed by atoms with Crippen molar-refractivity contribution in [2.24, 2.45) is 0 Å². The van der Waals surface area contributed by atoms with Gasteiger partial charge in [0.2, 0.25) is 0 Å². The fourth-order valence-corrected chi connectivity index (χ4v) is 2.65. The van der Waals surface area contributed by atoms with Gasteiger partial charge in [0, 0.05) is 13.2 Å². The van der Waals surface area contributed by atoms with Crippen molar-refractivity contribution in [3.8, 4) is 0 Å². The topological polar surface area (TPSA) is 21.3 Å². The summed E-state index contributed by atoms with van der Waals surface area (Å²) in [6, 6.07) is 0. The van der Waals surface area contributed by atoms with Gasteiger partial charge < -0.3 is 10.1 Å². The van der Waals surface area contributed by atoms with Crippen LogP contribution < -0.4 is 5.32 Å². The van der Waals surface area contributed by atoms with Crippen LogP contribution in [0.2, 0.25) is 0 Å². The lowest BCUT2D eigenvalue weighted by Gasteiger charge is -2.09. The second-order valence-electron chi connectivity index (χ2n) is 6.01. The molecule has 1 N–H and O–H groups in total. The summed E-state index contributed by atoms with van der Waals surface area (Å²) >= 11 is 0. The molecular formula is C18H35NO. The zero-order valence-corrected chi connectivity index (χ0v) is 13.5. The molecule has 0 aromatic carbocycles. The maximum atomic E-state index is 5.82. The second-order valence-corrected chi connectivity index (χ2v) is 6.01. The first kappa shape index (κ1) is 17.7. The highest BCUT2D eigenvalue weighted by atomic mass is 16.5. The van der Waals surface area contributed by atoms with Crippen molar-refractivity contribution in [3.05, 3.63) is 12.2 Å². The predicted octanol–water partition coefficient (Wildman–Crippen LogP) is 4.84. The lowest BCUT2D eigenvalue weighted by molar-refractivity contribution is 0.0641. The summed E-state index contributed by atoms with van der Waals surface area (Å²) in [4.78, 5) is 0. The van der Waals surface area contributed by atoms with E-state index in [9.17, 15) is 0 Å². The first-order valence-electron chi connectivity index (χ1n) is 8.90. The second kappa shape index (κ2) is 13.6. The van der Waals surface area contributed by atoms with E-state index in [1.807, 2.05) is 0 Å². The Balaban J connectivity index is 1.71. The standard InChI is InChI=1S/C18H35NO/c1-2-3-4-5-6-7-8-9-10-11-12-13-16-20-18-14-15-19-17-18/h5-6,18-19H,2-4,7-17H2,1H3/b6-5-/t18-/m0/s1. The van der Waals surface area contributed by atoms with E-state index >= 15 is 0 Å². The van der Waals surface area contributed by atoms with Crippen molar-refractivity contribution in [2.75, 3.05) is 19.7 Å². The zero-order chi connectivity index (χ0) is 14.3. The Kier molecular flexibility index (Phi) is 12.1. The van der Waals surface area contributed by atoms with Crippen LogP contribution >= 0.6 is 0 Å². The van der Waals surface area contributed by atoms with E-state index in [0.29, 0.717) is 6.10 Å². The molecular weight excluding hydrogens is 246 g/mol. The number of hydrogen-bond donors (Lipinski definition) is 1. The quantitative estimate of drug-likeness (QED) is 0.385. The van der Waals surface area contributed by atoms with Crippen LogP contribution in [-0.4, -0.2) is 25.8 Å². The highest BCUT2D eigenvalue weighted by Gasteiger charge is 2.13. The molecule has 2 nitrogen and oxygen atoms in total. The highest BCUT2D eigenvalue weighted by molar-refractivity contribution is 4.81. The van der Waals surface area contributed by atoms with Crippen LogP contribution in [0.4, 0.5) is 0 Å². The third-order valence-electron chi connectivity index (χ3n) is 4.02. The van der Waals surface area contributed by atoms with Crippen LogP contribution in [0.1, 0.15) is 77.6 Å². The summed E-state index contributed by atoms with van der Waals surface area (Å²) in [6.45, 7) is 5.42. The first-order chi connectivity index (χ1) is 9.93. The third kappa shape index (κ3) is 10.4. The minimum atomic E-state index is 0.495. The number of ether oxygens (including phenoxy) is 1. The van der Waals surface area contributed by atoms with Gasteiger partial charge in [-0.2, -0.15) is 0 Å². The maximum absolute atomic E-state index is 5.82. The third-order valence-corrected chi connectivity index (χ3v) is 4.02. The molecule has 0 amide bonds. The molecule has 0 aliphatic carbocycles. The molecule has 1 atom stereocenters. The van der Waals surface area contributed by atoms with Crippen molar-refractivity contribution in [1.29, 1.82) is 0 Å². The highest BCUT2D eigenvalue weighted by Crippen LogP contribution is 2.09. The number of hydrogen-bond acceptors (Lipinski definition) is 2. The van der Waals surface area contributed by atoms with Gasteiger partial charge in [0.05, 0.1) is 6.10 Å². The summed E-state index contributed by atoms with van der Waals surface area (Å²) in [6.07, 6.45) is 19.8. The summed E-state index contributed by atoms with van der Waals surface area (Å²) in [5, 5.41) is 3.34. The van der Waals surface area contributed by atoms with Crippen molar-refractivity contribution in [1.82, 2.24) is 5.32 Å². The van der Waals surface area contributed by atoms with Gasteiger partial charge in [-0.1, -0.05) is 57.6 Å². The molecule has 0 spiro atoms. The molecule has 0 unspecified atom stereocenters. The number of nitrogens with one attached hydrogen (secondary N) is 1. The summed E-state index contributed by atoms with van der Waals surface area (Å²) in [5.74, 6) is 0. The monoisotopic (exact) mass is 281 g/mol. The van der Waals surface area contributed by atoms with E-state index in [-0.39, 0.29) is 0 Å². The molecule has 0 aromatic heterocycles. The Hall–Kier alpha value is -0.340. The predicted molar refractivity (Wildman–Crippen MR) is 88.2 cm³/mol. The molecule has 1 rings (SSSR count). The molecule has 0 saturated carbocycles. The van der Waals surface area contributed by atoms with E-state index in [1.54, 1.807) is 0 Å². The van der Waals surface area contributed by atoms with E-state index in [1.165, 1.54) is 70.6 Å². The molecule has 1 aliphatic heterocycles. The van der Waals surface area contributed by atoms with Crippen LogP contribution in [-0.2, 0) is 4.74 Å². The fourth-order valence-electron chi connectivity index (χ4n) is 2.65. The molecule has 1 saturated heterocycles. The first-order valence-corrected chi connectivity index (χ1v) is 8.90. The van der Waals surface area contributed by atoms with E-state index in [0.717, 1.165) is 19.7 Å². The van der Waals surface area contributed by atoms with Gasteiger partial charge in [-0.3, -0.25) is 0 Å². The van der Waals surface area contributed by atoms with Gasteiger partial charge in [-0.05, 0) is 38.6 Å². The Labute approximate surface area is 126 Å². The van der Waals surface area contributed by atoms with Crippen molar-refractivity contribution < 1.29 is 4.74 Å². The average molecular weight is 281 g/mol. The van der Waals surface area contributed by atoms with Gasteiger partial charge in [-0.15, -0.1) is 0 Å². The Bertz CT molecular complexity index is 221.